The molecule has 0 aromatic rings. The van der Waals surface area contributed by atoms with Gasteiger partial charge >= 0.3 is 0 Å². The van der Waals surface area contributed by atoms with Crippen LogP contribution in [0.2, 0.25) is 0 Å². The van der Waals surface area contributed by atoms with Crippen LogP contribution in [0.3, 0.4) is 0 Å². The van der Waals surface area contributed by atoms with Gasteiger partial charge in [0.05, 0.1) is 6.10 Å². The van der Waals surface area contributed by atoms with Crippen LogP contribution in [0.15, 0.2) is 0 Å². The molecular weight excluding hydrogens is 166 g/mol. The van der Waals surface area contributed by atoms with Crippen molar-refractivity contribution >= 4 is 5.91 Å². The summed E-state index contributed by atoms with van der Waals surface area (Å²) >= 11 is 0. The first-order chi connectivity index (χ1) is 6.02. The van der Waals surface area contributed by atoms with E-state index in [4.69, 9.17) is 5.11 Å². The van der Waals surface area contributed by atoms with E-state index in [1.54, 1.807) is 6.92 Å². The summed E-state index contributed by atoms with van der Waals surface area (Å²) in [4.78, 5) is 10.5. The van der Waals surface area contributed by atoms with Crippen molar-refractivity contribution in [3.63, 3.8) is 0 Å². The molecule has 0 fully saturated rings. The first-order valence-corrected chi connectivity index (χ1v) is 4.97. The monoisotopic (exact) mass is 189 g/mol. The third-order valence-corrected chi connectivity index (χ3v) is 1.47. The lowest BCUT2D eigenvalue weighted by Crippen LogP contribution is -2.30. The fourth-order valence-corrected chi connectivity index (χ4v) is 0.910. The molecule has 1 amide bonds. The van der Waals surface area contributed by atoms with Gasteiger partial charge in [0.1, 0.15) is 0 Å². The lowest BCUT2D eigenvalue weighted by atomic mass is 10.1. The molecule has 13 heavy (non-hydrogen) atoms. The van der Waals surface area contributed by atoms with E-state index >= 15 is 0 Å². The molecule has 2 atom stereocenters. The van der Waals surface area contributed by atoms with E-state index in [-0.39, 0.29) is 18.1 Å². The van der Waals surface area contributed by atoms with Crippen LogP contribution >= 0.6 is 0 Å². The first-order valence-electron chi connectivity index (χ1n) is 4.97. The zero-order valence-corrected chi connectivity index (χ0v) is 9.42. The standard InChI is InChI=1S/C8H17NO2.C2H6/c1-6(9-8(3)11)4-5-7(2)10;1-2/h6-7,10H,4-5H2,1-3H3,(H,9,11);1-2H3. The zero-order chi connectivity index (χ0) is 10.9. The highest BCUT2D eigenvalue weighted by molar-refractivity contribution is 5.73. The van der Waals surface area contributed by atoms with E-state index in [0.29, 0.717) is 0 Å². The number of rotatable bonds is 4. The molecule has 0 bridgehead atoms. The number of carbonyl (C=O) groups excluding carboxylic acids is 1. The molecule has 2 unspecified atom stereocenters. The quantitative estimate of drug-likeness (QED) is 0.707. The Labute approximate surface area is 81.5 Å². The van der Waals surface area contributed by atoms with Crippen LogP contribution < -0.4 is 5.32 Å². The predicted molar refractivity (Wildman–Crippen MR) is 55.5 cm³/mol. The van der Waals surface area contributed by atoms with Crippen molar-refractivity contribution in [2.45, 2.75) is 59.6 Å². The van der Waals surface area contributed by atoms with Crippen LogP contribution in [0.4, 0.5) is 0 Å². The number of nitrogens with one attached hydrogen (secondary N) is 1. The summed E-state index contributed by atoms with van der Waals surface area (Å²) in [7, 11) is 0. The van der Waals surface area contributed by atoms with Crippen molar-refractivity contribution in [3.05, 3.63) is 0 Å². The summed E-state index contributed by atoms with van der Waals surface area (Å²) < 4.78 is 0. The molecule has 3 nitrogen and oxygen atoms in total. The topological polar surface area (TPSA) is 49.3 Å². The van der Waals surface area contributed by atoms with Crippen molar-refractivity contribution in [2.75, 3.05) is 0 Å². The van der Waals surface area contributed by atoms with Crippen molar-refractivity contribution in [3.8, 4) is 0 Å². The highest BCUT2D eigenvalue weighted by Crippen LogP contribution is 1.99. The van der Waals surface area contributed by atoms with Crippen LogP contribution in [0, 0.1) is 0 Å². The minimum atomic E-state index is -0.272. The van der Waals surface area contributed by atoms with Crippen LogP contribution in [-0.4, -0.2) is 23.2 Å². The summed E-state index contributed by atoms with van der Waals surface area (Å²) in [6, 6.07) is 0.169. The molecule has 0 aromatic carbocycles. The van der Waals surface area contributed by atoms with E-state index < -0.39 is 0 Å². The lowest BCUT2D eigenvalue weighted by Gasteiger charge is -2.12. The molecule has 0 rings (SSSR count). The second kappa shape index (κ2) is 9.52. The molecule has 0 saturated heterocycles. The van der Waals surface area contributed by atoms with Gasteiger partial charge in [0, 0.05) is 13.0 Å². The Kier molecular flexibility index (Phi) is 10.9. The van der Waals surface area contributed by atoms with E-state index in [2.05, 4.69) is 5.32 Å². The van der Waals surface area contributed by atoms with E-state index in [0.717, 1.165) is 12.8 Å². The molecule has 3 heteroatoms. The minimum Gasteiger partial charge on any atom is -0.393 e. The van der Waals surface area contributed by atoms with Crippen LogP contribution in [-0.2, 0) is 4.79 Å². The molecule has 0 aliphatic rings. The summed E-state index contributed by atoms with van der Waals surface area (Å²) in [6.07, 6.45) is 1.30. The number of carbonyl (C=O) groups is 1. The molecule has 0 saturated carbocycles. The third kappa shape index (κ3) is 14.3. The Balaban J connectivity index is 0. The normalized spacial score (nSPS) is 13.7. The molecule has 0 aromatic heterocycles. The molecule has 0 spiro atoms. The Bertz CT molecular complexity index is 124. The molecular formula is C10H23NO2. The van der Waals surface area contributed by atoms with Crippen molar-refractivity contribution in [1.29, 1.82) is 0 Å². The van der Waals surface area contributed by atoms with Crippen LogP contribution in [0.1, 0.15) is 47.5 Å². The van der Waals surface area contributed by atoms with E-state index in [1.165, 1.54) is 6.92 Å². The second-order valence-electron chi connectivity index (χ2n) is 3.03. The predicted octanol–water partition coefficient (Wildman–Crippen LogP) is 1.70. The third-order valence-electron chi connectivity index (χ3n) is 1.47. The van der Waals surface area contributed by atoms with E-state index in [1.807, 2.05) is 20.8 Å². The SMILES string of the molecule is CC.CC(=O)NC(C)CCC(C)O. The van der Waals surface area contributed by atoms with Gasteiger partial charge in [-0.3, -0.25) is 4.79 Å². The van der Waals surface area contributed by atoms with Gasteiger partial charge in [-0.15, -0.1) is 0 Å². The maximum absolute atomic E-state index is 10.5. The Morgan fingerprint density at radius 1 is 1.31 bits per heavy atom. The minimum absolute atomic E-state index is 0.0110. The van der Waals surface area contributed by atoms with Crippen LogP contribution in [0.25, 0.3) is 0 Å². The summed E-state index contributed by atoms with van der Waals surface area (Å²) in [6.45, 7) is 9.18. The van der Waals surface area contributed by atoms with Gasteiger partial charge in [-0.1, -0.05) is 13.8 Å². The number of aliphatic hydroxyl groups excluding tert-OH is 1. The number of amides is 1. The van der Waals surface area contributed by atoms with Gasteiger partial charge in [-0.05, 0) is 26.7 Å². The molecule has 0 radical (unpaired) electrons. The smallest absolute Gasteiger partial charge is 0.217 e. The van der Waals surface area contributed by atoms with Gasteiger partial charge < -0.3 is 10.4 Å². The molecule has 2 N–H and O–H groups in total. The summed E-state index contributed by atoms with van der Waals surface area (Å²) in [5, 5.41) is 11.7. The Hall–Kier alpha value is -0.570. The molecule has 0 aliphatic carbocycles. The van der Waals surface area contributed by atoms with Gasteiger partial charge in [0.2, 0.25) is 5.91 Å². The Morgan fingerprint density at radius 2 is 1.77 bits per heavy atom. The average molecular weight is 189 g/mol. The summed E-state index contributed by atoms with van der Waals surface area (Å²) in [5.74, 6) is -0.0110. The zero-order valence-electron chi connectivity index (χ0n) is 9.42. The maximum Gasteiger partial charge on any atom is 0.217 e. The number of hydrogen-bond donors (Lipinski definition) is 2. The average Bonchev–Trinajstić information content (AvgIpc) is 2.03. The van der Waals surface area contributed by atoms with Gasteiger partial charge in [-0.2, -0.15) is 0 Å². The fraction of sp³-hybridized carbons (Fsp3) is 0.900. The molecule has 80 valence electrons. The fourth-order valence-electron chi connectivity index (χ4n) is 0.910. The largest absolute Gasteiger partial charge is 0.393 e. The van der Waals surface area contributed by atoms with Crippen LogP contribution in [0.5, 0.6) is 0 Å². The first kappa shape index (κ1) is 14.9. The highest BCUT2D eigenvalue weighted by atomic mass is 16.3. The van der Waals surface area contributed by atoms with Crippen molar-refractivity contribution in [2.24, 2.45) is 0 Å². The number of hydrogen-bond acceptors (Lipinski definition) is 2. The second-order valence-corrected chi connectivity index (χ2v) is 3.03. The lowest BCUT2D eigenvalue weighted by molar-refractivity contribution is -0.119. The maximum atomic E-state index is 10.5. The van der Waals surface area contributed by atoms with Gasteiger partial charge in [0.25, 0.3) is 0 Å². The summed E-state index contributed by atoms with van der Waals surface area (Å²) in [5.41, 5.74) is 0. The van der Waals surface area contributed by atoms with Gasteiger partial charge in [-0.25, -0.2) is 0 Å². The molecule has 0 heterocycles. The van der Waals surface area contributed by atoms with Crippen molar-refractivity contribution < 1.29 is 9.90 Å². The number of aliphatic hydroxyl groups is 1. The highest BCUT2D eigenvalue weighted by Gasteiger charge is 2.04. The van der Waals surface area contributed by atoms with Gasteiger partial charge in [0.15, 0.2) is 0 Å². The Morgan fingerprint density at radius 3 is 2.08 bits per heavy atom. The van der Waals surface area contributed by atoms with E-state index in [9.17, 15) is 4.79 Å². The van der Waals surface area contributed by atoms with Crippen molar-refractivity contribution in [1.82, 2.24) is 5.32 Å². The molecule has 0 aliphatic heterocycles.